The standard InChI is InChI=1S/C10H16N2/c1-8(2)9-5-10(3,4)6-11-7-12-9/h5-8H,1-4H3. The summed E-state index contributed by atoms with van der Waals surface area (Å²) in [5, 5.41) is 0. The van der Waals surface area contributed by atoms with Gasteiger partial charge in [0.2, 0.25) is 0 Å². The van der Waals surface area contributed by atoms with Gasteiger partial charge >= 0.3 is 0 Å². The highest BCUT2D eigenvalue weighted by molar-refractivity contribution is 5.79. The fraction of sp³-hybridized carbons (Fsp3) is 0.600. The van der Waals surface area contributed by atoms with Crippen molar-refractivity contribution < 1.29 is 0 Å². The Morgan fingerprint density at radius 2 is 2.00 bits per heavy atom. The molecular formula is C10H16N2. The Morgan fingerprint density at radius 1 is 1.33 bits per heavy atom. The summed E-state index contributed by atoms with van der Waals surface area (Å²) in [4.78, 5) is 8.34. The molecular weight excluding hydrogens is 148 g/mol. The number of hydrogen-bond donors (Lipinski definition) is 0. The van der Waals surface area contributed by atoms with E-state index < -0.39 is 0 Å². The van der Waals surface area contributed by atoms with E-state index in [1.807, 2.05) is 6.21 Å². The molecule has 1 rings (SSSR count). The lowest BCUT2D eigenvalue weighted by Crippen LogP contribution is -2.10. The molecule has 0 unspecified atom stereocenters. The third-order valence-corrected chi connectivity index (χ3v) is 1.79. The number of allylic oxidation sites excluding steroid dienone is 2. The molecule has 0 spiro atoms. The fourth-order valence-electron chi connectivity index (χ4n) is 1.10. The van der Waals surface area contributed by atoms with E-state index >= 15 is 0 Å². The van der Waals surface area contributed by atoms with Gasteiger partial charge < -0.3 is 0 Å². The molecule has 2 heteroatoms. The maximum atomic E-state index is 4.26. The van der Waals surface area contributed by atoms with Crippen molar-refractivity contribution in [2.45, 2.75) is 27.7 Å². The van der Waals surface area contributed by atoms with Crippen LogP contribution < -0.4 is 0 Å². The predicted octanol–water partition coefficient (Wildman–Crippen LogP) is 2.67. The average molecular weight is 164 g/mol. The van der Waals surface area contributed by atoms with E-state index in [0.29, 0.717) is 5.92 Å². The summed E-state index contributed by atoms with van der Waals surface area (Å²) in [5.41, 5.74) is 1.16. The lowest BCUT2D eigenvalue weighted by atomic mass is 9.92. The van der Waals surface area contributed by atoms with E-state index in [9.17, 15) is 0 Å². The molecule has 1 heterocycles. The van der Waals surface area contributed by atoms with Crippen molar-refractivity contribution >= 4 is 12.6 Å². The van der Waals surface area contributed by atoms with Crippen molar-refractivity contribution in [3.05, 3.63) is 11.8 Å². The van der Waals surface area contributed by atoms with Gasteiger partial charge in [-0.25, -0.2) is 9.98 Å². The summed E-state index contributed by atoms with van der Waals surface area (Å²) in [6.45, 7) is 8.55. The predicted molar refractivity (Wildman–Crippen MR) is 53.7 cm³/mol. The molecule has 0 amide bonds. The highest BCUT2D eigenvalue weighted by Crippen LogP contribution is 2.22. The Hall–Kier alpha value is -0.920. The Labute approximate surface area is 74.1 Å². The number of aliphatic imine (C=N–C) groups is 2. The fourth-order valence-corrected chi connectivity index (χ4v) is 1.10. The van der Waals surface area contributed by atoms with Gasteiger partial charge in [-0.05, 0) is 5.92 Å². The van der Waals surface area contributed by atoms with Crippen molar-refractivity contribution in [1.82, 2.24) is 0 Å². The first-order valence-corrected chi connectivity index (χ1v) is 4.31. The highest BCUT2D eigenvalue weighted by atomic mass is 14.9. The molecule has 0 atom stereocenters. The van der Waals surface area contributed by atoms with Gasteiger partial charge in [-0.15, -0.1) is 0 Å². The molecule has 0 aromatic rings. The van der Waals surface area contributed by atoms with Gasteiger partial charge in [0.1, 0.15) is 6.34 Å². The van der Waals surface area contributed by atoms with Gasteiger partial charge in [-0.2, -0.15) is 0 Å². The second-order valence-electron chi connectivity index (χ2n) is 4.07. The lowest BCUT2D eigenvalue weighted by Gasteiger charge is -2.14. The Kier molecular flexibility index (Phi) is 2.46. The van der Waals surface area contributed by atoms with Gasteiger partial charge in [-0.3, -0.25) is 0 Å². The minimum absolute atomic E-state index is 0.0378. The van der Waals surface area contributed by atoms with Crippen LogP contribution in [0.4, 0.5) is 0 Å². The monoisotopic (exact) mass is 164 g/mol. The van der Waals surface area contributed by atoms with Crippen LogP contribution in [-0.4, -0.2) is 12.6 Å². The minimum atomic E-state index is 0.0378. The summed E-state index contributed by atoms with van der Waals surface area (Å²) in [6.07, 6.45) is 5.72. The summed E-state index contributed by atoms with van der Waals surface area (Å²) < 4.78 is 0. The molecule has 1 aliphatic heterocycles. The largest absolute Gasteiger partial charge is 0.248 e. The smallest absolute Gasteiger partial charge is 0.115 e. The maximum Gasteiger partial charge on any atom is 0.115 e. The van der Waals surface area contributed by atoms with Crippen LogP contribution in [0.3, 0.4) is 0 Å². The topological polar surface area (TPSA) is 24.7 Å². The first kappa shape index (κ1) is 9.17. The number of rotatable bonds is 1. The van der Waals surface area contributed by atoms with E-state index in [2.05, 4.69) is 43.8 Å². The third kappa shape index (κ3) is 2.29. The van der Waals surface area contributed by atoms with Crippen LogP contribution in [0, 0.1) is 11.3 Å². The third-order valence-electron chi connectivity index (χ3n) is 1.79. The summed E-state index contributed by atoms with van der Waals surface area (Å²) in [7, 11) is 0. The molecule has 0 aromatic carbocycles. The zero-order valence-electron chi connectivity index (χ0n) is 8.20. The van der Waals surface area contributed by atoms with Crippen LogP contribution in [0.5, 0.6) is 0 Å². The van der Waals surface area contributed by atoms with E-state index in [1.54, 1.807) is 6.34 Å². The molecule has 0 saturated carbocycles. The van der Waals surface area contributed by atoms with Crippen molar-refractivity contribution in [2.24, 2.45) is 21.3 Å². The van der Waals surface area contributed by atoms with Crippen molar-refractivity contribution in [3.8, 4) is 0 Å². The summed E-state index contributed by atoms with van der Waals surface area (Å²) in [6, 6.07) is 0. The first-order chi connectivity index (χ1) is 5.51. The Balaban J connectivity index is 2.95. The molecule has 0 bridgehead atoms. The SMILES string of the molecule is CC(C)C1=CC(C)(C)C=NC=N1. The molecule has 1 aliphatic rings. The molecule has 0 N–H and O–H groups in total. The van der Waals surface area contributed by atoms with Gasteiger partial charge in [0.25, 0.3) is 0 Å². The van der Waals surface area contributed by atoms with Crippen molar-refractivity contribution in [2.75, 3.05) is 0 Å². The van der Waals surface area contributed by atoms with Gasteiger partial charge in [-0.1, -0.05) is 33.8 Å². The first-order valence-electron chi connectivity index (χ1n) is 4.31. The quantitative estimate of drug-likeness (QED) is 0.569. The summed E-state index contributed by atoms with van der Waals surface area (Å²) in [5.74, 6) is 0.474. The molecule has 0 aliphatic carbocycles. The summed E-state index contributed by atoms with van der Waals surface area (Å²) >= 11 is 0. The highest BCUT2D eigenvalue weighted by Gasteiger charge is 2.15. The Bertz CT molecular complexity index is 245. The van der Waals surface area contributed by atoms with E-state index in [1.165, 1.54) is 0 Å². The van der Waals surface area contributed by atoms with Crippen LogP contribution in [-0.2, 0) is 0 Å². The van der Waals surface area contributed by atoms with E-state index in [0.717, 1.165) is 5.70 Å². The van der Waals surface area contributed by atoms with Crippen LogP contribution in [0.15, 0.2) is 21.8 Å². The molecule has 0 radical (unpaired) electrons. The zero-order chi connectivity index (χ0) is 9.19. The molecule has 0 fully saturated rings. The zero-order valence-corrected chi connectivity index (χ0v) is 8.20. The second kappa shape index (κ2) is 3.21. The van der Waals surface area contributed by atoms with Gasteiger partial charge in [0, 0.05) is 17.3 Å². The van der Waals surface area contributed by atoms with E-state index in [4.69, 9.17) is 0 Å². The molecule has 2 nitrogen and oxygen atoms in total. The number of nitrogens with zero attached hydrogens (tertiary/aromatic N) is 2. The van der Waals surface area contributed by atoms with Crippen molar-refractivity contribution in [1.29, 1.82) is 0 Å². The molecule has 66 valence electrons. The van der Waals surface area contributed by atoms with Crippen LogP contribution in [0.2, 0.25) is 0 Å². The average Bonchev–Trinajstić information content (AvgIpc) is 2.10. The van der Waals surface area contributed by atoms with Gasteiger partial charge in [0.15, 0.2) is 0 Å². The van der Waals surface area contributed by atoms with Crippen molar-refractivity contribution in [3.63, 3.8) is 0 Å². The molecule has 0 aromatic heterocycles. The van der Waals surface area contributed by atoms with Crippen LogP contribution >= 0.6 is 0 Å². The number of hydrogen-bond acceptors (Lipinski definition) is 2. The molecule has 0 saturated heterocycles. The minimum Gasteiger partial charge on any atom is -0.248 e. The molecule has 12 heavy (non-hydrogen) atoms. The van der Waals surface area contributed by atoms with Crippen LogP contribution in [0.1, 0.15) is 27.7 Å². The normalized spacial score (nSPS) is 20.9. The Morgan fingerprint density at radius 3 is 2.58 bits per heavy atom. The van der Waals surface area contributed by atoms with Crippen LogP contribution in [0.25, 0.3) is 0 Å². The van der Waals surface area contributed by atoms with E-state index in [-0.39, 0.29) is 5.41 Å². The lowest BCUT2D eigenvalue weighted by molar-refractivity contribution is 0.660. The second-order valence-corrected chi connectivity index (χ2v) is 4.07. The van der Waals surface area contributed by atoms with Gasteiger partial charge in [0.05, 0.1) is 0 Å². The maximum absolute atomic E-state index is 4.26.